The molecule has 78 heavy (non-hydrogen) atoms. The summed E-state index contributed by atoms with van der Waals surface area (Å²) < 4.78 is 17.5. The Balaban J connectivity index is 2.78. The first-order valence-corrected chi connectivity index (χ1v) is 29.8. The highest BCUT2D eigenvalue weighted by Crippen LogP contribution is 2.26. The van der Waals surface area contributed by atoms with Crippen LogP contribution in [0.5, 0.6) is 0 Å². The van der Waals surface area contributed by atoms with Crippen molar-refractivity contribution in [1.29, 1.82) is 0 Å². The summed E-state index contributed by atoms with van der Waals surface area (Å²) in [5.74, 6) is -1.30. The molecule has 6 N–H and O–H groups in total. The normalized spacial score (nSPS) is 20.1. The predicted molar refractivity (Wildman–Crippen MR) is 323 cm³/mol. The summed E-state index contributed by atoms with van der Waals surface area (Å²) in [7, 11) is 0. The van der Waals surface area contributed by atoms with Gasteiger partial charge in [0.2, 0.25) is 5.91 Å². The number of nitrogens with one attached hydrogen (secondary N) is 1. The van der Waals surface area contributed by atoms with Gasteiger partial charge in [0.25, 0.3) is 0 Å². The van der Waals surface area contributed by atoms with Gasteiger partial charge in [0.1, 0.15) is 24.4 Å². The fraction of sp³-hybridized carbons (Fsp3) is 0.582. The SMILES string of the molecule is CC\C=C/C=C/C=C/C=C\C=C\C=C\CCCCC(O)C(=O)NC(COC1OC(CO)C(O)C(O)C1OC(=O)CCCC/C=C\C/C=C\C/C=C\C/C=C\C/C=C\C/C=C\CC)C(O)/C=C/CCCCCCCCCCCC. The number of hydrogen-bond acceptors (Lipinski definition) is 10. The van der Waals surface area contributed by atoms with Gasteiger partial charge in [0, 0.05) is 6.42 Å². The summed E-state index contributed by atoms with van der Waals surface area (Å²) in [6, 6.07) is -1.07. The van der Waals surface area contributed by atoms with Crippen LogP contribution in [0.4, 0.5) is 0 Å². The third-order valence-electron chi connectivity index (χ3n) is 12.8. The molecule has 1 aliphatic heterocycles. The molecule has 0 aromatic carbocycles. The Kier molecular flexibility index (Phi) is 48.4. The van der Waals surface area contributed by atoms with Gasteiger partial charge in [-0.3, -0.25) is 9.59 Å². The van der Waals surface area contributed by atoms with Crippen LogP contribution in [0.1, 0.15) is 188 Å². The Bertz CT molecular complexity index is 1870. The summed E-state index contributed by atoms with van der Waals surface area (Å²) in [5.41, 5.74) is 0. The second-order valence-electron chi connectivity index (χ2n) is 19.8. The number of hydrogen-bond donors (Lipinski definition) is 6. The summed E-state index contributed by atoms with van der Waals surface area (Å²) in [5, 5.41) is 56.8. The minimum atomic E-state index is -1.65. The molecule has 11 heteroatoms. The van der Waals surface area contributed by atoms with Crippen LogP contribution in [0.25, 0.3) is 0 Å². The molecule has 0 saturated carbocycles. The molecule has 1 heterocycles. The number of aliphatic hydroxyl groups is 5. The summed E-state index contributed by atoms with van der Waals surface area (Å²) in [4.78, 5) is 26.5. The number of unbranched alkanes of at least 4 members (excludes halogenated alkanes) is 14. The van der Waals surface area contributed by atoms with Crippen molar-refractivity contribution in [3.05, 3.63) is 158 Å². The minimum Gasteiger partial charge on any atom is -0.454 e. The van der Waals surface area contributed by atoms with E-state index in [4.69, 9.17) is 14.2 Å². The molecule has 0 aromatic rings. The molecule has 1 aliphatic rings. The van der Waals surface area contributed by atoms with Gasteiger partial charge in [0.05, 0.1) is 25.4 Å². The molecule has 1 saturated heterocycles. The predicted octanol–water partition coefficient (Wildman–Crippen LogP) is 14.0. The van der Waals surface area contributed by atoms with Crippen molar-refractivity contribution in [3.8, 4) is 0 Å². The van der Waals surface area contributed by atoms with E-state index in [1.165, 1.54) is 44.9 Å². The number of esters is 1. The minimum absolute atomic E-state index is 0.0520. The molecule has 0 aliphatic carbocycles. The van der Waals surface area contributed by atoms with Crippen LogP contribution >= 0.6 is 0 Å². The maximum Gasteiger partial charge on any atom is 0.306 e. The van der Waals surface area contributed by atoms with Crippen molar-refractivity contribution in [1.82, 2.24) is 5.32 Å². The second kappa shape index (κ2) is 53.0. The van der Waals surface area contributed by atoms with Gasteiger partial charge in [-0.2, -0.15) is 0 Å². The third-order valence-corrected chi connectivity index (χ3v) is 12.8. The number of ether oxygens (including phenoxy) is 3. The highest BCUT2D eigenvalue weighted by atomic mass is 16.7. The number of carbonyl (C=O) groups is 2. The molecule has 0 aromatic heterocycles. The van der Waals surface area contributed by atoms with E-state index in [0.29, 0.717) is 12.8 Å². The number of aliphatic hydroxyl groups excluding tert-OH is 5. The molecular formula is C67H105NO10. The van der Waals surface area contributed by atoms with Crippen LogP contribution in [-0.2, 0) is 23.8 Å². The van der Waals surface area contributed by atoms with E-state index in [-0.39, 0.29) is 19.4 Å². The Labute approximate surface area is 472 Å². The van der Waals surface area contributed by atoms with Crippen molar-refractivity contribution in [2.24, 2.45) is 0 Å². The summed E-state index contributed by atoms with van der Waals surface area (Å²) in [6.07, 6.45) is 67.1. The lowest BCUT2D eigenvalue weighted by Gasteiger charge is -2.41. The molecule has 438 valence electrons. The number of carbonyl (C=O) groups excluding carboxylic acids is 2. The average molecular weight is 1080 g/mol. The molecule has 0 radical (unpaired) electrons. The smallest absolute Gasteiger partial charge is 0.306 e. The Morgan fingerprint density at radius 3 is 1.54 bits per heavy atom. The lowest BCUT2D eigenvalue weighted by Crippen LogP contribution is -2.61. The topological polar surface area (TPSA) is 175 Å². The van der Waals surface area contributed by atoms with Crippen LogP contribution in [0.2, 0.25) is 0 Å². The van der Waals surface area contributed by atoms with Crippen molar-refractivity contribution in [3.63, 3.8) is 0 Å². The van der Waals surface area contributed by atoms with Crippen molar-refractivity contribution < 1.29 is 49.3 Å². The Hall–Kier alpha value is -4.72. The largest absolute Gasteiger partial charge is 0.454 e. The molecule has 8 atom stereocenters. The van der Waals surface area contributed by atoms with Crippen LogP contribution in [0.15, 0.2) is 158 Å². The molecule has 0 spiro atoms. The zero-order valence-electron chi connectivity index (χ0n) is 48.2. The molecule has 1 rings (SSSR count). The van der Waals surface area contributed by atoms with Gasteiger partial charge in [-0.25, -0.2) is 0 Å². The molecule has 0 bridgehead atoms. The lowest BCUT2D eigenvalue weighted by atomic mass is 9.99. The highest BCUT2D eigenvalue weighted by Gasteiger charge is 2.47. The first kappa shape index (κ1) is 71.3. The highest BCUT2D eigenvalue weighted by molar-refractivity contribution is 5.80. The number of amides is 1. The molecular weight excluding hydrogens is 979 g/mol. The van der Waals surface area contributed by atoms with Crippen molar-refractivity contribution >= 4 is 11.9 Å². The van der Waals surface area contributed by atoms with E-state index in [2.05, 4.69) is 105 Å². The van der Waals surface area contributed by atoms with E-state index in [1.54, 1.807) is 6.08 Å². The van der Waals surface area contributed by atoms with Crippen molar-refractivity contribution in [2.75, 3.05) is 13.2 Å². The first-order chi connectivity index (χ1) is 38.2. The van der Waals surface area contributed by atoms with Crippen LogP contribution < -0.4 is 5.32 Å². The monoisotopic (exact) mass is 1080 g/mol. The molecule has 1 amide bonds. The quantitative estimate of drug-likeness (QED) is 0.0149. The summed E-state index contributed by atoms with van der Waals surface area (Å²) in [6.45, 7) is 5.44. The van der Waals surface area contributed by atoms with Gasteiger partial charge in [-0.15, -0.1) is 0 Å². The van der Waals surface area contributed by atoms with Crippen LogP contribution in [0, 0.1) is 0 Å². The third kappa shape index (κ3) is 40.5. The van der Waals surface area contributed by atoms with E-state index >= 15 is 0 Å². The summed E-state index contributed by atoms with van der Waals surface area (Å²) >= 11 is 0. The average Bonchev–Trinajstić information content (AvgIpc) is 3.44. The Morgan fingerprint density at radius 2 is 0.987 bits per heavy atom. The molecule has 11 nitrogen and oxygen atoms in total. The van der Waals surface area contributed by atoms with Gasteiger partial charge < -0.3 is 45.1 Å². The maximum atomic E-state index is 13.4. The fourth-order valence-corrected chi connectivity index (χ4v) is 8.15. The maximum absolute atomic E-state index is 13.4. The zero-order chi connectivity index (χ0) is 56.8. The van der Waals surface area contributed by atoms with Crippen molar-refractivity contribution in [2.45, 2.75) is 237 Å². The number of allylic oxidation sites excluding steroid dienone is 25. The lowest BCUT2D eigenvalue weighted by molar-refractivity contribution is -0.305. The van der Waals surface area contributed by atoms with Gasteiger partial charge in [-0.05, 0) is 96.3 Å². The Morgan fingerprint density at radius 1 is 0.526 bits per heavy atom. The molecule has 1 fully saturated rings. The van der Waals surface area contributed by atoms with E-state index in [1.807, 2.05) is 72.9 Å². The standard InChI is InChI=1S/C67H105NO10/c1-4-7-10-13-16-19-22-25-27-29-30-31-32-33-35-37-40-43-46-49-52-55-62(72)78-65-64(74)63(73)61(56-69)77-67(65)76-57-58(59(70)53-50-47-44-41-38-24-21-18-15-12-9-6-3)68-66(75)60(71)54-51-48-45-42-39-36-34-28-26-23-20-17-14-11-8-5-2/h7-8,10-11,14,16-17,19-20,23,25-28,30-31,33-36,39-40,42-43,50,53,58-61,63-65,67,69-71,73-74H,4-6,9,12-13,15,18,21-22,24,29,32,37-38,41,44-49,51-52,54-57H2,1-3H3,(H,68,75)/b10-7-,11-8-,17-14+,19-16-,23-20+,27-25-,28-26-,31-30-,35-33-,36-34+,42-39+,43-40-,53-50+. The second-order valence-corrected chi connectivity index (χ2v) is 19.8. The molecule has 8 unspecified atom stereocenters. The number of rotatable bonds is 47. The van der Waals surface area contributed by atoms with E-state index < -0.39 is 67.4 Å². The first-order valence-electron chi connectivity index (χ1n) is 29.8. The van der Waals surface area contributed by atoms with E-state index in [9.17, 15) is 35.1 Å². The fourth-order valence-electron chi connectivity index (χ4n) is 8.15. The van der Waals surface area contributed by atoms with Gasteiger partial charge in [0.15, 0.2) is 12.4 Å². The van der Waals surface area contributed by atoms with Gasteiger partial charge in [-0.1, -0.05) is 243 Å². The van der Waals surface area contributed by atoms with Crippen LogP contribution in [0.3, 0.4) is 0 Å². The zero-order valence-corrected chi connectivity index (χ0v) is 48.2. The van der Waals surface area contributed by atoms with Crippen LogP contribution in [-0.4, -0.2) is 99.6 Å². The van der Waals surface area contributed by atoms with E-state index in [0.717, 1.165) is 96.3 Å². The van der Waals surface area contributed by atoms with Gasteiger partial charge >= 0.3 is 5.97 Å².